The number of urea groups is 1. The Morgan fingerprint density at radius 1 is 0.750 bits per heavy atom. The average molecular weight is 806 g/mol. The molecule has 5 atom stereocenters. The minimum Gasteiger partial charge on any atom is -0.480 e. The molecule has 4 amide bonds. The number of hydrogen-bond acceptors (Lipinski definition) is 10. The molecule has 0 heterocycles. The largest absolute Gasteiger partial charge is 0.480 e. The van der Waals surface area contributed by atoms with Crippen molar-refractivity contribution in [1.29, 1.82) is 10.8 Å². The topological polar surface area (TPSA) is 346 Å². The number of hydrogen-bond donors (Lipinski definition) is 12. The maximum absolute atomic E-state index is 13.9. The first-order valence-electron chi connectivity index (χ1n) is 17.6. The van der Waals surface area contributed by atoms with E-state index in [4.69, 9.17) is 38.9 Å². The number of aldehydes is 1. The highest BCUT2D eigenvalue weighted by Crippen LogP contribution is 2.15. The third-order valence-corrected chi connectivity index (χ3v) is 8.01. The number of aliphatic carboxylic acids is 2. The number of carbonyl (C=O) groups is 6. The molecule has 56 heavy (non-hydrogen) atoms. The number of carboxylic acid groups (broad SMARTS) is 2. The molecule has 19 nitrogen and oxygen atoms in total. The summed E-state index contributed by atoms with van der Waals surface area (Å²) in [6, 6.07) is 10.9. The predicted molar refractivity (Wildman–Crippen MR) is 213 cm³/mol. The van der Waals surface area contributed by atoms with Crippen molar-refractivity contribution in [1.82, 2.24) is 26.2 Å². The van der Waals surface area contributed by atoms with Crippen LogP contribution in [0.25, 0.3) is 0 Å². The molecule has 0 aliphatic heterocycles. The number of halogens is 1. The number of nitrogens with one attached hydrogen (secondary N) is 6. The lowest BCUT2D eigenvalue weighted by Gasteiger charge is -2.33. The van der Waals surface area contributed by atoms with Crippen molar-refractivity contribution < 1.29 is 39.0 Å². The third-order valence-electron chi connectivity index (χ3n) is 8.01. The van der Waals surface area contributed by atoms with Gasteiger partial charge in [-0.3, -0.25) is 30.1 Å². The number of guanidine groups is 2. The fourth-order valence-corrected chi connectivity index (χ4v) is 5.03. The van der Waals surface area contributed by atoms with E-state index in [1.807, 2.05) is 30.3 Å². The number of benzene rings is 2. The molecule has 0 radical (unpaired) electrons. The highest BCUT2D eigenvalue weighted by atomic mass is 35.5. The highest BCUT2D eigenvalue weighted by molar-refractivity contribution is 6.02. The Morgan fingerprint density at radius 3 is 1.66 bits per heavy atom. The summed E-state index contributed by atoms with van der Waals surface area (Å²) in [5.41, 5.74) is 23.4. The Kier molecular flexibility index (Phi) is 24.1. The summed E-state index contributed by atoms with van der Waals surface area (Å²) in [5.74, 6) is -4.98. The molecular weight excluding hydrogens is 750 g/mol. The number of nitrogens with zero attached hydrogens (tertiary/aromatic N) is 1. The van der Waals surface area contributed by atoms with Gasteiger partial charge in [-0.05, 0) is 49.1 Å². The minimum absolute atomic E-state index is 0. The first-order valence-corrected chi connectivity index (χ1v) is 17.6. The summed E-state index contributed by atoms with van der Waals surface area (Å²) in [7, 11) is 0. The molecule has 2 rings (SSSR count). The molecule has 0 aliphatic rings. The lowest BCUT2D eigenvalue weighted by molar-refractivity contribution is -0.140. The molecular formula is C36H56ClN11O8. The summed E-state index contributed by atoms with van der Waals surface area (Å²) in [4.78, 5) is 75.5. The van der Waals surface area contributed by atoms with Gasteiger partial charge in [0, 0.05) is 19.5 Å². The van der Waals surface area contributed by atoms with Crippen LogP contribution in [0.5, 0.6) is 0 Å². The van der Waals surface area contributed by atoms with Crippen molar-refractivity contribution in [3.63, 3.8) is 0 Å². The molecule has 16 N–H and O–H groups in total. The maximum Gasteiger partial charge on any atom is 0.326 e. The van der Waals surface area contributed by atoms with Crippen LogP contribution in [0, 0.1) is 16.7 Å². The highest BCUT2D eigenvalue weighted by Gasteiger charge is 2.38. The zero-order valence-corrected chi connectivity index (χ0v) is 32.3. The van der Waals surface area contributed by atoms with Gasteiger partial charge in [0.05, 0.1) is 12.1 Å². The van der Waals surface area contributed by atoms with Crippen LogP contribution in [0.3, 0.4) is 0 Å². The second kappa shape index (κ2) is 26.9. The summed E-state index contributed by atoms with van der Waals surface area (Å²) in [5, 5.41) is 42.9. The molecule has 0 saturated carbocycles. The van der Waals surface area contributed by atoms with E-state index in [1.54, 1.807) is 44.2 Å². The van der Waals surface area contributed by atoms with Crippen LogP contribution in [-0.4, -0.2) is 106 Å². The number of nitrogens with two attached hydrogens (primary N) is 4. The van der Waals surface area contributed by atoms with Crippen LogP contribution in [0.2, 0.25) is 0 Å². The van der Waals surface area contributed by atoms with Crippen LogP contribution in [0.4, 0.5) is 4.79 Å². The zero-order chi connectivity index (χ0) is 41.5. The Bertz CT molecular complexity index is 1570. The van der Waals surface area contributed by atoms with Crippen molar-refractivity contribution in [2.24, 2.45) is 28.9 Å². The summed E-state index contributed by atoms with van der Waals surface area (Å²) in [6.45, 7) is 3.74. The van der Waals surface area contributed by atoms with Crippen LogP contribution in [0.15, 0.2) is 60.7 Å². The molecule has 0 bridgehead atoms. The van der Waals surface area contributed by atoms with Crippen molar-refractivity contribution in [3.8, 4) is 0 Å². The van der Waals surface area contributed by atoms with Gasteiger partial charge in [0.2, 0.25) is 5.91 Å². The van der Waals surface area contributed by atoms with E-state index in [1.165, 1.54) is 0 Å². The Labute approximate surface area is 332 Å². The van der Waals surface area contributed by atoms with Crippen LogP contribution in [0.1, 0.15) is 50.7 Å². The molecule has 0 unspecified atom stereocenters. The Balaban J connectivity index is 0.00000197. The lowest BCUT2D eigenvalue weighted by Crippen LogP contribution is -2.61. The van der Waals surface area contributed by atoms with Crippen LogP contribution < -0.4 is 44.2 Å². The van der Waals surface area contributed by atoms with Crippen molar-refractivity contribution in [3.05, 3.63) is 71.8 Å². The number of amides is 4. The summed E-state index contributed by atoms with van der Waals surface area (Å²) in [6.07, 6.45) is 1.50. The Morgan fingerprint density at radius 2 is 1.23 bits per heavy atom. The quantitative estimate of drug-likeness (QED) is 0.0338. The second-order valence-electron chi connectivity index (χ2n) is 12.9. The molecule has 0 aromatic heterocycles. The third kappa shape index (κ3) is 19.5. The molecule has 20 heteroatoms. The van der Waals surface area contributed by atoms with Gasteiger partial charge in [-0.2, -0.15) is 0 Å². The van der Waals surface area contributed by atoms with E-state index < -0.39 is 65.9 Å². The first-order chi connectivity index (χ1) is 26.0. The van der Waals surface area contributed by atoms with E-state index in [9.17, 15) is 33.9 Å². The van der Waals surface area contributed by atoms with Gasteiger partial charge in [0.25, 0.3) is 5.91 Å². The van der Waals surface area contributed by atoms with Crippen LogP contribution >= 0.6 is 12.4 Å². The van der Waals surface area contributed by atoms with Gasteiger partial charge in [-0.15, -0.1) is 12.4 Å². The van der Waals surface area contributed by atoms with Crippen molar-refractivity contribution in [2.45, 2.75) is 82.6 Å². The molecule has 2 aromatic rings. The van der Waals surface area contributed by atoms with E-state index in [0.717, 1.165) is 5.56 Å². The number of imide groups is 1. The standard InChI is InChI=1S/C27H44N10O6.C9H11NO2.ClH/c1-16(2)21(36-22(39)19(28)11-7-13-34-26(31)32)23(40)37(18(15-38)10-6-12-33-25(29)30)27(43)35-20(24(41)42)14-17-8-4-3-5-9-17;10-8(9(11)12)6-7-4-2-1-3-5-7;/h3-5,8-9,15-16,18-21H,6-7,10-14,28H2,1-2H3,(H,35,43)(H,36,39)(H,41,42)(H4,29,30,33)(H4,31,32,34);1-5,8H,6,10H2,(H,11,12);1H/t18-,19-,20-,21-;8-;/m00./s1. The van der Waals surface area contributed by atoms with Gasteiger partial charge in [-0.25, -0.2) is 9.59 Å². The number of carbonyl (C=O) groups excluding carboxylic acids is 4. The number of rotatable bonds is 21. The zero-order valence-electron chi connectivity index (χ0n) is 31.5. The SMILES string of the molecule is CC(C)[C@H](NC(=O)[C@@H](N)CCCNC(=N)N)C(=O)N(C(=O)N[C@@H](Cc1ccccc1)C(=O)O)[C@H](C=O)CCCNC(=N)N.Cl.N[C@@H](Cc1ccccc1)C(=O)O. The predicted octanol–water partition coefficient (Wildman–Crippen LogP) is -0.155. The Hall–Kier alpha value is -5.79. The molecule has 0 saturated heterocycles. The van der Waals surface area contributed by atoms with Gasteiger partial charge in [-0.1, -0.05) is 74.5 Å². The average Bonchev–Trinajstić information content (AvgIpc) is 3.13. The molecule has 310 valence electrons. The van der Waals surface area contributed by atoms with E-state index in [-0.39, 0.29) is 56.6 Å². The minimum atomic E-state index is -1.43. The molecule has 0 aliphatic carbocycles. The molecule has 0 spiro atoms. The van der Waals surface area contributed by atoms with Gasteiger partial charge in [0.15, 0.2) is 11.9 Å². The fourth-order valence-electron chi connectivity index (χ4n) is 5.03. The summed E-state index contributed by atoms with van der Waals surface area (Å²) < 4.78 is 0. The van der Waals surface area contributed by atoms with Crippen molar-refractivity contribution >= 4 is 60.4 Å². The van der Waals surface area contributed by atoms with E-state index >= 15 is 0 Å². The number of carboxylic acids is 2. The maximum atomic E-state index is 13.9. The summed E-state index contributed by atoms with van der Waals surface area (Å²) >= 11 is 0. The first kappa shape index (κ1) is 50.2. The fraction of sp³-hybridized carbons (Fsp3) is 0.444. The second-order valence-corrected chi connectivity index (χ2v) is 12.9. The van der Waals surface area contributed by atoms with Gasteiger partial charge >= 0.3 is 18.0 Å². The van der Waals surface area contributed by atoms with Crippen molar-refractivity contribution in [2.75, 3.05) is 13.1 Å². The van der Waals surface area contributed by atoms with Crippen LogP contribution in [-0.2, 0) is 36.8 Å². The smallest absolute Gasteiger partial charge is 0.326 e. The monoisotopic (exact) mass is 805 g/mol. The van der Waals surface area contributed by atoms with E-state index in [0.29, 0.717) is 36.1 Å². The van der Waals surface area contributed by atoms with Gasteiger partial charge in [0.1, 0.15) is 24.4 Å². The lowest BCUT2D eigenvalue weighted by atomic mass is 10.00. The molecule has 2 aromatic carbocycles. The van der Waals surface area contributed by atoms with Gasteiger partial charge < -0.3 is 59.2 Å². The molecule has 0 fully saturated rings. The van der Waals surface area contributed by atoms with E-state index in [2.05, 4.69) is 21.3 Å². The normalized spacial score (nSPS) is 13.0.